The summed E-state index contributed by atoms with van der Waals surface area (Å²) in [7, 11) is 0. The van der Waals surface area contributed by atoms with E-state index >= 15 is 0 Å². The van der Waals surface area contributed by atoms with Crippen molar-refractivity contribution in [1.82, 2.24) is 9.97 Å². The Morgan fingerprint density at radius 3 is 1.38 bits per heavy atom. The summed E-state index contributed by atoms with van der Waals surface area (Å²) in [6.07, 6.45) is 0. The van der Waals surface area contributed by atoms with Crippen molar-refractivity contribution < 1.29 is 0 Å². The number of benzene rings is 9. The van der Waals surface area contributed by atoms with Crippen LogP contribution in [-0.4, -0.2) is 9.97 Å². The molecular formula is C53H32N2. The minimum atomic E-state index is -0.433. The van der Waals surface area contributed by atoms with Gasteiger partial charge >= 0.3 is 0 Å². The van der Waals surface area contributed by atoms with Crippen molar-refractivity contribution in [2.75, 3.05) is 0 Å². The van der Waals surface area contributed by atoms with Crippen molar-refractivity contribution in [1.29, 1.82) is 0 Å². The maximum atomic E-state index is 5.49. The second kappa shape index (κ2) is 11.4. The summed E-state index contributed by atoms with van der Waals surface area (Å²) < 4.78 is 0. The van der Waals surface area contributed by atoms with Gasteiger partial charge < -0.3 is 0 Å². The van der Waals surface area contributed by atoms with Crippen LogP contribution in [-0.2, 0) is 5.41 Å². The average Bonchev–Trinajstić information content (AvgIpc) is 3.74. The minimum Gasteiger partial charge on any atom is -0.228 e. The smallest absolute Gasteiger partial charge is 0.161 e. The summed E-state index contributed by atoms with van der Waals surface area (Å²) in [6, 6.07) is 70.6. The van der Waals surface area contributed by atoms with Gasteiger partial charge in [0.1, 0.15) is 0 Å². The molecule has 0 fully saturated rings. The molecule has 2 nitrogen and oxygen atoms in total. The van der Waals surface area contributed by atoms with Gasteiger partial charge in [0, 0.05) is 16.7 Å². The van der Waals surface area contributed by atoms with E-state index in [4.69, 9.17) is 9.97 Å². The molecular weight excluding hydrogens is 665 g/mol. The van der Waals surface area contributed by atoms with Crippen LogP contribution in [0.5, 0.6) is 0 Å². The molecule has 2 aliphatic carbocycles. The fourth-order valence-electron chi connectivity index (χ4n) is 9.87. The van der Waals surface area contributed by atoms with Crippen molar-refractivity contribution >= 4 is 32.3 Å². The average molecular weight is 697 g/mol. The Labute approximate surface area is 319 Å². The van der Waals surface area contributed by atoms with Crippen LogP contribution in [0.2, 0.25) is 0 Å². The Bertz CT molecular complexity index is 3130. The Morgan fingerprint density at radius 1 is 0.291 bits per heavy atom. The van der Waals surface area contributed by atoms with E-state index in [0.29, 0.717) is 0 Å². The van der Waals surface area contributed by atoms with Crippen molar-refractivity contribution in [2.24, 2.45) is 0 Å². The maximum absolute atomic E-state index is 5.49. The van der Waals surface area contributed by atoms with E-state index in [1.807, 2.05) is 0 Å². The van der Waals surface area contributed by atoms with E-state index in [0.717, 1.165) is 33.9 Å². The molecule has 0 bridgehead atoms. The van der Waals surface area contributed by atoms with Crippen LogP contribution in [0.4, 0.5) is 0 Å². The summed E-state index contributed by atoms with van der Waals surface area (Å²) in [5, 5.41) is 7.52. The lowest BCUT2D eigenvalue weighted by atomic mass is 9.70. The number of hydrogen-bond donors (Lipinski definition) is 0. The minimum absolute atomic E-state index is 0.433. The van der Waals surface area contributed by atoms with Gasteiger partial charge in [-0.3, -0.25) is 0 Å². The molecule has 1 spiro atoms. The molecule has 0 atom stereocenters. The molecule has 9 aromatic carbocycles. The highest BCUT2D eigenvalue weighted by Gasteiger charge is 2.52. The largest absolute Gasteiger partial charge is 0.228 e. The van der Waals surface area contributed by atoms with Gasteiger partial charge in [0.05, 0.1) is 16.8 Å². The second-order valence-corrected chi connectivity index (χ2v) is 14.8. The van der Waals surface area contributed by atoms with Crippen LogP contribution >= 0.6 is 0 Å². The predicted octanol–water partition coefficient (Wildman–Crippen LogP) is 13.3. The first kappa shape index (κ1) is 30.3. The zero-order valence-electron chi connectivity index (χ0n) is 29.9. The Kier molecular flexibility index (Phi) is 6.29. The number of rotatable bonds is 3. The Balaban J connectivity index is 1.13. The van der Waals surface area contributed by atoms with Crippen LogP contribution in [0, 0.1) is 0 Å². The van der Waals surface area contributed by atoms with Crippen LogP contribution in [0.3, 0.4) is 0 Å². The zero-order valence-corrected chi connectivity index (χ0v) is 29.9. The molecule has 10 aromatic rings. The van der Waals surface area contributed by atoms with Crippen LogP contribution in [0.15, 0.2) is 194 Å². The van der Waals surface area contributed by atoms with E-state index < -0.39 is 5.41 Å². The van der Waals surface area contributed by atoms with Gasteiger partial charge in [-0.25, -0.2) is 9.97 Å². The number of hydrogen-bond acceptors (Lipinski definition) is 2. The summed E-state index contributed by atoms with van der Waals surface area (Å²) in [5.41, 5.74) is 14.8. The Hall–Kier alpha value is -7.16. The van der Waals surface area contributed by atoms with Gasteiger partial charge in [-0.15, -0.1) is 0 Å². The molecule has 0 N–H and O–H groups in total. The van der Waals surface area contributed by atoms with Gasteiger partial charge in [0.15, 0.2) is 5.82 Å². The van der Waals surface area contributed by atoms with Crippen molar-refractivity contribution in [3.8, 4) is 56.2 Å². The van der Waals surface area contributed by atoms with Crippen LogP contribution in [0.25, 0.3) is 88.5 Å². The standard InChI is InChI=1S/C53H32N2/c1-2-15-33(16-3-1)49-32-50(34-29-30-39-37-19-5-4-17-35(37)36-18-6-7-20-38(36)44(39)31-34)55-52(54-49)43-24-14-28-48-51(43)42-23-10-13-27-47(42)53(48)45-25-11-8-21-40(45)41-22-9-12-26-46(41)53/h1-32H. The summed E-state index contributed by atoms with van der Waals surface area (Å²) >= 11 is 0. The lowest BCUT2D eigenvalue weighted by Gasteiger charge is -2.30. The van der Waals surface area contributed by atoms with E-state index in [1.165, 1.54) is 76.8 Å². The Morgan fingerprint density at radius 2 is 0.745 bits per heavy atom. The predicted molar refractivity (Wildman–Crippen MR) is 227 cm³/mol. The molecule has 12 rings (SSSR count). The third-order valence-electron chi connectivity index (χ3n) is 12.1. The molecule has 0 amide bonds. The van der Waals surface area contributed by atoms with Gasteiger partial charge in [-0.05, 0) is 89.0 Å². The van der Waals surface area contributed by atoms with Gasteiger partial charge in [-0.2, -0.15) is 0 Å². The molecule has 1 aromatic heterocycles. The highest BCUT2D eigenvalue weighted by atomic mass is 14.9. The number of nitrogens with zero attached hydrogens (tertiary/aromatic N) is 2. The monoisotopic (exact) mass is 696 g/mol. The van der Waals surface area contributed by atoms with E-state index in [-0.39, 0.29) is 0 Å². The topological polar surface area (TPSA) is 25.8 Å². The summed E-state index contributed by atoms with van der Waals surface area (Å²) in [4.78, 5) is 10.9. The number of aromatic nitrogens is 2. The highest BCUT2D eigenvalue weighted by Crippen LogP contribution is 2.63. The van der Waals surface area contributed by atoms with E-state index in [9.17, 15) is 0 Å². The van der Waals surface area contributed by atoms with Gasteiger partial charge in [-0.1, -0.05) is 182 Å². The molecule has 0 saturated carbocycles. The summed E-state index contributed by atoms with van der Waals surface area (Å²) in [5.74, 6) is 0.725. The molecule has 0 unspecified atom stereocenters. The first-order chi connectivity index (χ1) is 27.3. The maximum Gasteiger partial charge on any atom is 0.161 e. The van der Waals surface area contributed by atoms with Gasteiger partial charge in [0.25, 0.3) is 0 Å². The normalized spacial score (nSPS) is 13.2. The fraction of sp³-hybridized carbons (Fsp3) is 0.0189. The van der Waals surface area contributed by atoms with Gasteiger partial charge in [0.2, 0.25) is 0 Å². The van der Waals surface area contributed by atoms with Crippen LogP contribution in [0.1, 0.15) is 22.3 Å². The molecule has 0 aliphatic heterocycles. The quantitative estimate of drug-likeness (QED) is 0.172. The molecule has 2 heteroatoms. The highest BCUT2D eigenvalue weighted by molar-refractivity contribution is 6.25. The molecule has 2 aliphatic rings. The van der Waals surface area contributed by atoms with E-state index in [2.05, 4.69) is 194 Å². The van der Waals surface area contributed by atoms with Crippen molar-refractivity contribution in [3.63, 3.8) is 0 Å². The number of fused-ring (bicyclic) bond motifs is 16. The van der Waals surface area contributed by atoms with Crippen LogP contribution < -0.4 is 0 Å². The van der Waals surface area contributed by atoms with Crippen molar-refractivity contribution in [3.05, 3.63) is 216 Å². The lowest BCUT2D eigenvalue weighted by Crippen LogP contribution is -2.25. The first-order valence-corrected chi connectivity index (χ1v) is 19.0. The molecule has 0 saturated heterocycles. The second-order valence-electron chi connectivity index (χ2n) is 14.8. The lowest BCUT2D eigenvalue weighted by molar-refractivity contribution is 0.794. The molecule has 1 heterocycles. The zero-order chi connectivity index (χ0) is 36.1. The van der Waals surface area contributed by atoms with E-state index in [1.54, 1.807) is 0 Å². The molecule has 254 valence electrons. The first-order valence-electron chi connectivity index (χ1n) is 19.0. The summed E-state index contributed by atoms with van der Waals surface area (Å²) in [6.45, 7) is 0. The third-order valence-corrected chi connectivity index (χ3v) is 12.1. The molecule has 55 heavy (non-hydrogen) atoms. The van der Waals surface area contributed by atoms with Crippen molar-refractivity contribution in [2.45, 2.75) is 5.41 Å². The third kappa shape index (κ3) is 4.14. The molecule has 0 radical (unpaired) electrons. The fourth-order valence-corrected chi connectivity index (χ4v) is 9.87. The SMILES string of the molecule is c1ccc(-c2cc(-c3ccc4c5ccccc5c5ccccc5c4c3)nc(-c3cccc4c3-c3ccccc3C43c4ccccc4-c4ccccc43)n2)cc1.